The molecule has 1 unspecified atom stereocenters. The summed E-state index contributed by atoms with van der Waals surface area (Å²) in [7, 11) is 0. The third-order valence-electron chi connectivity index (χ3n) is 8.61. The van der Waals surface area contributed by atoms with Crippen molar-refractivity contribution in [1.82, 2.24) is 23.8 Å². The molecule has 2 aromatic heterocycles. The lowest BCUT2D eigenvalue weighted by molar-refractivity contribution is -0.137. The highest BCUT2D eigenvalue weighted by molar-refractivity contribution is 6.21. The SMILES string of the molecule is CCCn1c(=O)c(NC(=O)c2cnn(CC3CC(=O)N(c4cccc(C(F)(F)F)c4)C3)c2)c(N)n(CCN2C(=O)c3ccccc3C2=O)c1=O. The number of nitrogens with zero attached hydrogens (tertiary/aromatic N) is 6. The molecule has 2 aliphatic heterocycles. The number of hydrogen-bond donors (Lipinski definition) is 2. The van der Waals surface area contributed by atoms with E-state index in [-0.39, 0.29) is 84.9 Å². The normalized spacial score (nSPS) is 16.0. The van der Waals surface area contributed by atoms with Gasteiger partial charge in [-0.2, -0.15) is 18.3 Å². The van der Waals surface area contributed by atoms with Crippen molar-refractivity contribution >= 4 is 40.8 Å². The number of nitrogen functional groups attached to an aromatic ring is 1. The van der Waals surface area contributed by atoms with Crippen LogP contribution in [-0.4, -0.2) is 60.5 Å². The smallest absolute Gasteiger partial charge is 0.383 e. The van der Waals surface area contributed by atoms with Crippen LogP contribution in [0.15, 0.2) is 70.5 Å². The fourth-order valence-corrected chi connectivity index (χ4v) is 6.15. The first-order chi connectivity index (χ1) is 23.8. The van der Waals surface area contributed by atoms with Gasteiger partial charge in [0, 0.05) is 56.9 Å². The molecule has 50 heavy (non-hydrogen) atoms. The van der Waals surface area contributed by atoms with E-state index >= 15 is 0 Å². The van der Waals surface area contributed by atoms with Crippen LogP contribution < -0.4 is 27.2 Å². The Balaban J connectivity index is 1.17. The molecule has 6 rings (SSSR count). The maximum Gasteiger partial charge on any atom is 0.416 e. The van der Waals surface area contributed by atoms with Gasteiger partial charge < -0.3 is 16.0 Å². The zero-order valence-corrected chi connectivity index (χ0v) is 26.6. The van der Waals surface area contributed by atoms with Gasteiger partial charge in [0.15, 0.2) is 0 Å². The summed E-state index contributed by atoms with van der Waals surface area (Å²) in [5, 5.41) is 6.65. The number of imide groups is 1. The van der Waals surface area contributed by atoms with Crippen molar-refractivity contribution in [2.24, 2.45) is 5.92 Å². The Kier molecular flexibility index (Phi) is 8.90. The molecule has 2 aromatic carbocycles. The zero-order chi connectivity index (χ0) is 35.9. The number of carbonyl (C=O) groups is 4. The van der Waals surface area contributed by atoms with Crippen LogP contribution in [0.5, 0.6) is 0 Å². The van der Waals surface area contributed by atoms with Gasteiger partial charge in [0.1, 0.15) is 11.5 Å². The van der Waals surface area contributed by atoms with E-state index in [1.54, 1.807) is 19.1 Å². The fourth-order valence-electron chi connectivity index (χ4n) is 6.15. The molecule has 4 aromatic rings. The summed E-state index contributed by atoms with van der Waals surface area (Å²) in [4.78, 5) is 80.6. The second-order valence-electron chi connectivity index (χ2n) is 12.0. The van der Waals surface area contributed by atoms with Crippen LogP contribution in [0.25, 0.3) is 0 Å². The van der Waals surface area contributed by atoms with Crippen molar-refractivity contribution in [2.45, 2.75) is 45.6 Å². The van der Waals surface area contributed by atoms with Gasteiger partial charge in [0.2, 0.25) is 5.91 Å². The standard InChI is InChI=1S/C33H31F3N8O6/c1-2-10-43-31(49)26(27(37)41(32(43)50)11-12-42-29(47)23-8-3-4-9-24(23)30(42)48)39-28(46)20-15-38-40(18-20)16-19-13-25(45)44(17-19)22-7-5-6-21(14-22)33(34,35)36/h3-9,14-15,18-19H,2,10-13,16-17,37H2,1H3,(H,39,46). The molecule has 0 radical (unpaired) electrons. The molecule has 14 nitrogen and oxygen atoms in total. The lowest BCUT2D eigenvalue weighted by atomic mass is 10.1. The van der Waals surface area contributed by atoms with E-state index in [2.05, 4.69) is 10.4 Å². The van der Waals surface area contributed by atoms with Gasteiger partial charge in [0.25, 0.3) is 23.3 Å². The van der Waals surface area contributed by atoms with Crippen molar-refractivity contribution in [3.05, 3.63) is 104 Å². The van der Waals surface area contributed by atoms with Gasteiger partial charge in [-0.05, 0) is 36.8 Å². The van der Waals surface area contributed by atoms with Crippen LogP contribution in [0.2, 0.25) is 0 Å². The van der Waals surface area contributed by atoms with Crippen LogP contribution in [0.4, 0.5) is 30.4 Å². The summed E-state index contributed by atoms with van der Waals surface area (Å²) < 4.78 is 43.0. The van der Waals surface area contributed by atoms with Crippen LogP contribution >= 0.6 is 0 Å². The molecular weight excluding hydrogens is 661 g/mol. The topological polar surface area (TPSA) is 175 Å². The summed E-state index contributed by atoms with van der Waals surface area (Å²) in [5.41, 5.74) is 4.01. The maximum absolute atomic E-state index is 13.3. The molecule has 0 bridgehead atoms. The van der Waals surface area contributed by atoms with Crippen LogP contribution in [0.3, 0.4) is 0 Å². The molecule has 17 heteroatoms. The molecule has 260 valence electrons. The highest BCUT2D eigenvalue weighted by atomic mass is 19.4. The first kappa shape index (κ1) is 33.9. The Hall–Kier alpha value is -6.00. The minimum atomic E-state index is -4.56. The molecule has 1 fully saturated rings. The minimum absolute atomic E-state index is 0.00337. The zero-order valence-electron chi connectivity index (χ0n) is 26.6. The molecule has 4 heterocycles. The molecule has 0 saturated carbocycles. The largest absolute Gasteiger partial charge is 0.416 e. The number of nitrogens with two attached hydrogens (primary N) is 1. The average Bonchev–Trinajstić information content (AvgIpc) is 3.77. The number of hydrogen-bond acceptors (Lipinski definition) is 8. The summed E-state index contributed by atoms with van der Waals surface area (Å²) in [6, 6.07) is 10.8. The van der Waals surface area contributed by atoms with Gasteiger partial charge in [-0.25, -0.2) is 4.79 Å². The number of benzene rings is 2. The minimum Gasteiger partial charge on any atom is -0.383 e. The molecular formula is C33H31F3N8O6. The van der Waals surface area contributed by atoms with Gasteiger partial charge >= 0.3 is 11.9 Å². The Bertz CT molecular complexity index is 2120. The number of fused-ring (bicyclic) bond motifs is 1. The lowest BCUT2D eigenvalue weighted by Crippen LogP contribution is -2.44. The maximum atomic E-state index is 13.3. The van der Waals surface area contributed by atoms with Crippen molar-refractivity contribution in [2.75, 3.05) is 29.0 Å². The number of anilines is 3. The van der Waals surface area contributed by atoms with Crippen LogP contribution in [0.1, 0.15) is 56.4 Å². The predicted molar refractivity (Wildman–Crippen MR) is 174 cm³/mol. The first-order valence-corrected chi connectivity index (χ1v) is 15.7. The van der Waals surface area contributed by atoms with Gasteiger partial charge in [-0.15, -0.1) is 0 Å². The van der Waals surface area contributed by atoms with E-state index in [0.29, 0.717) is 6.42 Å². The molecule has 0 aliphatic carbocycles. The Morgan fingerprint density at radius 2 is 1.66 bits per heavy atom. The lowest BCUT2D eigenvalue weighted by Gasteiger charge is -2.19. The van der Waals surface area contributed by atoms with Crippen LogP contribution in [0, 0.1) is 5.92 Å². The van der Waals surface area contributed by atoms with E-state index in [0.717, 1.165) is 26.2 Å². The summed E-state index contributed by atoms with van der Waals surface area (Å²) in [5.74, 6) is -2.89. The van der Waals surface area contributed by atoms with E-state index in [4.69, 9.17) is 5.73 Å². The highest BCUT2D eigenvalue weighted by Gasteiger charge is 2.36. The van der Waals surface area contributed by atoms with Gasteiger partial charge in [-0.1, -0.05) is 25.1 Å². The molecule has 2 aliphatic rings. The molecule has 0 spiro atoms. The Morgan fingerprint density at radius 3 is 2.32 bits per heavy atom. The van der Waals surface area contributed by atoms with Gasteiger partial charge in [0.05, 0.1) is 28.5 Å². The third kappa shape index (κ3) is 6.28. The fraction of sp³-hybridized carbons (Fsp3) is 0.303. The van der Waals surface area contributed by atoms with Gasteiger partial charge in [-0.3, -0.25) is 42.7 Å². The molecule has 3 N–H and O–H groups in total. The van der Waals surface area contributed by atoms with Crippen molar-refractivity contribution < 1.29 is 32.3 Å². The number of aromatic nitrogens is 4. The summed E-state index contributed by atoms with van der Waals surface area (Å²) >= 11 is 0. The highest BCUT2D eigenvalue weighted by Crippen LogP contribution is 2.34. The number of nitrogens with one attached hydrogen (secondary N) is 1. The average molecular weight is 693 g/mol. The molecule has 4 amide bonds. The number of halogens is 3. The number of alkyl halides is 3. The molecule has 1 atom stereocenters. The van der Waals surface area contributed by atoms with Crippen molar-refractivity contribution in [3.63, 3.8) is 0 Å². The van der Waals surface area contributed by atoms with E-state index < -0.39 is 40.7 Å². The summed E-state index contributed by atoms with van der Waals surface area (Å²) in [6.45, 7) is 1.58. The molecule has 1 saturated heterocycles. The predicted octanol–water partition coefficient (Wildman–Crippen LogP) is 2.82. The monoisotopic (exact) mass is 692 g/mol. The van der Waals surface area contributed by atoms with Crippen LogP contribution in [-0.2, 0) is 30.6 Å². The Morgan fingerprint density at radius 1 is 0.960 bits per heavy atom. The second-order valence-corrected chi connectivity index (χ2v) is 12.0. The third-order valence-corrected chi connectivity index (χ3v) is 8.61. The number of carbonyl (C=O) groups excluding carboxylic acids is 4. The quantitative estimate of drug-likeness (QED) is 0.239. The second kappa shape index (κ2) is 13.1. The summed E-state index contributed by atoms with van der Waals surface area (Å²) in [6.07, 6.45) is -1.50. The van der Waals surface area contributed by atoms with E-state index in [1.807, 2.05) is 0 Å². The number of amides is 4. The Labute approximate surface area is 281 Å². The first-order valence-electron chi connectivity index (χ1n) is 15.7. The van der Waals surface area contributed by atoms with E-state index in [9.17, 15) is 41.9 Å². The van der Waals surface area contributed by atoms with Crippen molar-refractivity contribution in [1.29, 1.82) is 0 Å². The van der Waals surface area contributed by atoms with E-state index in [1.165, 1.54) is 46.2 Å². The van der Waals surface area contributed by atoms with Crippen molar-refractivity contribution in [3.8, 4) is 0 Å². The number of rotatable bonds is 10.